The van der Waals surface area contributed by atoms with Gasteiger partial charge in [0.2, 0.25) is 11.7 Å². The summed E-state index contributed by atoms with van der Waals surface area (Å²) in [4.78, 5) is 29.9. The molecule has 0 spiro atoms. The van der Waals surface area contributed by atoms with Crippen molar-refractivity contribution in [3.05, 3.63) is 91.0 Å². The number of hydrogen-bond acceptors (Lipinski definition) is 7. The summed E-state index contributed by atoms with van der Waals surface area (Å²) in [5.41, 5.74) is 9.75. The van der Waals surface area contributed by atoms with Crippen LogP contribution in [0.2, 0.25) is 0 Å². The van der Waals surface area contributed by atoms with Crippen LogP contribution >= 0.6 is 0 Å². The van der Waals surface area contributed by atoms with E-state index in [9.17, 15) is 4.79 Å². The van der Waals surface area contributed by atoms with E-state index in [0.29, 0.717) is 34.4 Å². The Morgan fingerprint density at radius 2 is 1.75 bits per heavy atom. The summed E-state index contributed by atoms with van der Waals surface area (Å²) in [6.45, 7) is 0. The standard InChI is InChI=1S/C23H18N8O/c24-17-4-1-2-5-18(17)29-21(32)15-6-8-16(9-7-15)28-22-25-12-10-19(30-22)20-14-27-23-26-11-3-13-31(20)23/h1-14H,24H2,(H,29,32)(H,25,28,30). The number of carbonyl (C=O) groups is 1. The molecular weight excluding hydrogens is 404 g/mol. The zero-order chi connectivity index (χ0) is 21.9. The summed E-state index contributed by atoms with van der Waals surface area (Å²) in [6.07, 6.45) is 6.97. The fourth-order valence-electron chi connectivity index (χ4n) is 3.22. The number of benzene rings is 2. The minimum atomic E-state index is -0.242. The van der Waals surface area contributed by atoms with Gasteiger partial charge in [0, 0.05) is 29.8 Å². The number of nitrogen functional groups attached to an aromatic ring is 1. The molecule has 156 valence electrons. The van der Waals surface area contributed by atoms with Crippen LogP contribution in [0.25, 0.3) is 17.2 Å². The van der Waals surface area contributed by atoms with Gasteiger partial charge in [0.05, 0.1) is 29.0 Å². The first-order valence-electron chi connectivity index (χ1n) is 9.82. The molecule has 2 aromatic carbocycles. The minimum absolute atomic E-state index is 0.242. The first-order valence-corrected chi connectivity index (χ1v) is 9.82. The molecule has 0 radical (unpaired) electrons. The Kier molecular flexibility index (Phi) is 4.89. The Balaban J connectivity index is 1.32. The number of anilines is 4. The topological polar surface area (TPSA) is 123 Å². The minimum Gasteiger partial charge on any atom is -0.397 e. The van der Waals surface area contributed by atoms with Gasteiger partial charge in [-0.05, 0) is 48.5 Å². The van der Waals surface area contributed by atoms with E-state index < -0.39 is 0 Å². The number of imidazole rings is 1. The van der Waals surface area contributed by atoms with E-state index in [-0.39, 0.29) is 5.91 Å². The maximum absolute atomic E-state index is 12.5. The van der Waals surface area contributed by atoms with Crippen LogP contribution in [0.15, 0.2) is 85.5 Å². The number of hydrogen-bond donors (Lipinski definition) is 3. The van der Waals surface area contributed by atoms with Gasteiger partial charge in [0.25, 0.3) is 5.91 Å². The lowest BCUT2D eigenvalue weighted by Crippen LogP contribution is -2.13. The van der Waals surface area contributed by atoms with Crippen LogP contribution in [0.1, 0.15) is 10.4 Å². The van der Waals surface area contributed by atoms with E-state index in [1.54, 1.807) is 55.0 Å². The SMILES string of the molecule is Nc1ccccc1NC(=O)c1ccc(Nc2nccc(-c3cnc4ncccn34)n2)cc1. The highest BCUT2D eigenvalue weighted by Crippen LogP contribution is 2.21. The largest absolute Gasteiger partial charge is 0.397 e. The predicted molar refractivity (Wildman–Crippen MR) is 123 cm³/mol. The molecule has 0 unspecified atom stereocenters. The molecule has 0 aliphatic rings. The molecule has 9 heteroatoms. The number of aromatic nitrogens is 5. The second-order valence-electron chi connectivity index (χ2n) is 6.94. The van der Waals surface area contributed by atoms with Crippen LogP contribution in [-0.2, 0) is 0 Å². The normalized spacial score (nSPS) is 10.8. The fourth-order valence-corrected chi connectivity index (χ4v) is 3.22. The molecule has 5 aromatic rings. The quantitative estimate of drug-likeness (QED) is 0.368. The summed E-state index contributed by atoms with van der Waals surface area (Å²) in [5.74, 6) is 0.784. The van der Waals surface area contributed by atoms with Crippen molar-refractivity contribution in [2.75, 3.05) is 16.4 Å². The Hall–Kier alpha value is -4.79. The van der Waals surface area contributed by atoms with Crippen molar-refractivity contribution in [3.8, 4) is 11.4 Å². The lowest BCUT2D eigenvalue weighted by molar-refractivity contribution is 0.102. The smallest absolute Gasteiger partial charge is 0.255 e. The maximum atomic E-state index is 12.5. The number of para-hydroxylation sites is 2. The lowest BCUT2D eigenvalue weighted by Gasteiger charge is -2.09. The molecule has 0 fully saturated rings. The highest BCUT2D eigenvalue weighted by molar-refractivity contribution is 6.05. The number of rotatable bonds is 5. The summed E-state index contributed by atoms with van der Waals surface area (Å²) in [5, 5.41) is 5.97. The molecular formula is C23H18N8O. The van der Waals surface area contributed by atoms with E-state index in [0.717, 1.165) is 11.4 Å². The number of carbonyl (C=O) groups excluding carboxylic acids is 1. The third-order valence-corrected chi connectivity index (χ3v) is 4.82. The van der Waals surface area contributed by atoms with Crippen LogP contribution in [-0.4, -0.2) is 30.2 Å². The van der Waals surface area contributed by atoms with E-state index in [1.807, 2.05) is 34.9 Å². The van der Waals surface area contributed by atoms with Gasteiger partial charge < -0.3 is 16.4 Å². The summed E-state index contributed by atoms with van der Waals surface area (Å²) in [6, 6.07) is 17.8. The highest BCUT2D eigenvalue weighted by atomic mass is 16.1. The third-order valence-electron chi connectivity index (χ3n) is 4.82. The summed E-state index contributed by atoms with van der Waals surface area (Å²) in [7, 11) is 0. The molecule has 3 aromatic heterocycles. The van der Waals surface area contributed by atoms with Gasteiger partial charge in [-0.2, -0.15) is 0 Å². The van der Waals surface area contributed by atoms with E-state index in [4.69, 9.17) is 5.73 Å². The molecule has 32 heavy (non-hydrogen) atoms. The van der Waals surface area contributed by atoms with Crippen molar-refractivity contribution < 1.29 is 4.79 Å². The highest BCUT2D eigenvalue weighted by Gasteiger charge is 2.10. The molecule has 3 heterocycles. The predicted octanol–water partition coefficient (Wildman–Crippen LogP) is 3.76. The second kappa shape index (κ2) is 8.15. The monoisotopic (exact) mass is 422 g/mol. The first kappa shape index (κ1) is 19.2. The maximum Gasteiger partial charge on any atom is 0.255 e. The number of nitrogens with one attached hydrogen (secondary N) is 2. The first-order chi connectivity index (χ1) is 15.7. The molecule has 1 amide bonds. The van der Waals surface area contributed by atoms with Gasteiger partial charge in [-0.15, -0.1) is 0 Å². The Morgan fingerprint density at radius 3 is 2.59 bits per heavy atom. The summed E-state index contributed by atoms with van der Waals surface area (Å²) >= 11 is 0. The summed E-state index contributed by atoms with van der Waals surface area (Å²) < 4.78 is 1.86. The van der Waals surface area contributed by atoms with Gasteiger partial charge in [-0.1, -0.05) is 12.1 Å². The van der Waals surface area contributed by atoms with Crippen LogP contribution in [0.3, 0.4) is 0 Å². The number of nitrogens with zero attached hydrogens (tertiary/aromatic N) is 5. The van der Waals surface area contributed by atoms with E-state index in [1.165, 1.54) is 0 Å². The lowest BCUT2D eigenvalue weighted by atomic mass is 10.2. The van der Waals surface area contributed by atoms with Crippen LogP contribution in [0.4, 0.5) is 23.0 Å². The van der Waals surface area contributed by atoms with Crippen molar-refractivity contribution in [2.45, 2.75) is 0 Å². The van der Waals surface area contributed by atoms with Crippen molar-refractivity contribution in [1.82, 2.24) is 24.3 Å². The zero-order valence-electron chi connectivity index (χ0n) is 16.8. The van der Waals surface area contributed by atoms with Gasteiger partial charge >= 0.3 is 0 Å². The molecule has 0 bridgehead atoms. The number of fused-ring (bicyclic) bond motifs is 1. The van der Waals surface area contributed by atoms with Crippen LogP contribution in [0, 0.1) is 0 Å². The molecule has 0 aliphatic heterocycles. The van der Waals surface area contributed by atoms with Gasteiger partial charge in [-0.3, -0.25) is 9.20 Å². The van der Waals surface area contributed by atoms with E-state index >= 15 is 0 Å². The average Bonchev–Trinajstić information content (AvgIpc) is 3.25. The van der Waals surface area contributed by atoms with Crippen molar-refractivity contribution in [2.24, 2.45) is 0 Å². The molecule has 5 rings (SSSR count). The fraction of sp³-hybridized carbons (Fsp3) is 0. The molecule has 0 aliphatic carbocycles. The van der Waals surface area contributed by atoms with Crippen molar-refractivity contribution in [3.63, 3.8) is 0 Å². The van der Waals surface area contributed by atoms with E-state index in [2.05, 4.69) is 30.6 Å². The molecule has 4 N–H and O–H groups in total. The van der Waals surface area contributed by atoms with Gasteiger partial charge in [0.15, 0.2) is 0 Å². The number of nitrogens with two attached hydrogens (primary N) is 1. The second-order valence-corrected chi connectivity index (χ2v) is 6.94. The van der Waals surface area contributed by atoms with Crippen LogP contribution < -0.4 is 16.4 Å². The van der Waals surface area contributed by atoms with Crippen LogP contribution in [0.5, 0.6) is 0 Å². The molecule has 0 saturated carbocycles. The molecule has 0 atom stereocenters. The molecule has 9 nitrogen and oxygen atoms in total. The Labute approximate surface area is 183 Å². The van der Waals surface area contributed by atoms with Gasteiger partial charge in [0.1, 0.15) is 0 Å². The Bertz CT molecular complexity index is 1410. The average molecular weight is 422 g/mol. The number of amides is 1. The zero-order valence-corrected chi connectivity index (χ0v) is 16.8. The van der Waals surface area contributed by atoms with Gasteiger partial charge in [-0.25, -0.2) is 19.9 Å². The third kappa shape index (κ3) is 3.82. The Morgan fingerprint density at radius 1 is 0.906 bits per heavy atom. The molecule has 0 saturated heterocycles. The van der Waals surface area contributed by atoms with Crippen molar-refractivity contribution >= 4 is 34.7 Å². The van der Waals surface area contributed by atoms with Crippen molar-refractivity contribution in [1.29, 1.82) is 0 Å².